The second-order valence-electron chi connectivity index (χ2n) is 4.57. The van der Waals surface area contributed by atoms with Crippen LogP contribution in [-0.4, -0.2) is 4.98 Å². The summed E-state index contributed by atoms with van der Waals surface area (Å²) in [7, 11) is 0. The van der Waals surface area contributed by atoms with E-state index in [2.05, 4.69) is 65.8 Å². The van der Waals surface area contributed by atoms with Crippen LogP contribution in [-0.2, 0) is 6.54 Å². The van der Waals surface area contributed by atoms with Gasteiger partial charge in [0.05, 0.1) is 0 Å². The Kier molecular flexibility index (Phi) is 2.77. The van der Waals surface area contributed by atoms with Gasteiger partial charge in [0.15, 0.2) is 0 Å². The van der Waals surface area contributed by atoms with Gasteiger partial charge in [-0.1, -0.05) is 24.3 Å². The molecule has 18 heavy (non-hydrogen) atoms. The number of nitrogens with one attached hydrogen (secondary N) is 2. The predicted octanol–water partition coefficient (Wildman–Crippen LogP) is 4.09. The fourth-order valence-corrected chi connectivity index (χ4v) is 2.18. The van der Waals surface area contributed by atoms with E-state index in [4.69, 9.17) is 0 Å². The van der Waals surface area contributed by atoms with Crippen molar-refractivity contribution in [2.45, 2.75) is 13.5 Å². The molecule has 0 fully saturated rings. The first kappa shape index (κ1) is 10.9. The van der Waals surface area contributed by atoms with Crippen molar-refractivity contribution in [2.24, 2.45) is 0 Å². The summed E-state index contributed by atoms with van der Waals surface area (Å²) in [5, 5.41) is 4.74. The van der Waals surface area contributed by atoms with Crippen molar-refractivity contribution in [3.05, 3.63) is 65.9 Å². The van der Waals surface area contributed by atoms with E-state index in [1.165, 1.54) is 27.7 Å². The summed E-state index contributed by atoms with van der Waals surface area (Å²) in [5.41, 5.74) is 4.96. The lowest BCUT2D eigenvalue weighted by Gasteiger charge is -2.09. The fourth-order valence-electron chi connectivity index (χ4n) is 2.18. The molecular weight excluding hydrogens is 220 g/mol. The molecule has 0 aliphatic heterocycles. The molecule has 3 rings (SSSR count). The molecule has 1 heterocycles. The monoisotopic (exact) mass is 236 g/mol. The average molecular weight is 236 g/mol. The molecule has 2 heteroatoms. The van der Waals surface area contributed by atoms with E-state index in [0.717, 1.165) is 6.54 Å². The van der Waals surface area contributed by atoms with Gasteiger partial charge in [0.1, 0.15) is 0 Å². The van der Waals surface area contributed by atoms with Crippen LogP contribution in [0.3, 0.4) is 0 Å². The number of H-pyrrole nitrogens is 1. The van der Waals surface area contributed by atoms with Crippen LogP contribution in [0.25, 0.3) is 10.9 Å². The van der Waals surface area contributed by atoms with Crippen molar-refractivity contribution < 1.29 is 0 Å². The highest BCUT2D eigenvalue weighted by Gasteiger charge is 1.99. The SMILES string of the molecule is Cc1ccccc1NCc1ccc2[nH]ccc2c1. The first-order chi connectivity index (χ1) is 8.83. The summed E-state index contributed by atoms with van der Waals surface area (Å²) in [5.74, 6) is 0. The van der Waals surface area contributed by atoms with E-state index in [9.17, 15) is 0 Å². The number of anilines is 1. The van der Waals surface area contributed by atoms with Gasteiger partial charge in [-0.05, 0) is 47.7 Å². The lowest BCUT2D eigenvalue weighted by atomic mass is 10.1. The third-order valence-electron chi connectivity index (χ3n) is 3.25. The standard InChI is InChI=1S/C16H16N2/c1-12-4-2-3-5-15(12)18-11-13-6-7-16-14(10-13)8-9-17-16/h2-10,17-18H,11H2,1H3. The molecule has 2 N–H and O–H groups in total. The number of hydrogen-bond acceptors (Lipinski definition) is 1. The highest BCUT2D eigenvalue weighted by atomic mass is 14.9. The van der Waals surface area contributed by atoms with Crippen LogP contribution >= 0.6 is 0 Å². The highest BCUT2D eigenvalue weighted by Crippen LogP contribution is 2.17. The van der Waals surface area contributed by atoms with Gasteiger partial charge in [0.2, 0.25) is 0 Å². The molecule has 0 saturated carbocycles. The largest absolute Gasteiger partial charge is 0.381 e. The number of benzene rings is 2. The molecule has 0 unspecified atom stereocenters. The van der Waals surface area contributed by atoms with E-state index in [-0.39, 0.29) is 0 Å². The predicted molar refractivity (Wildman–Crippen MR) is 76.8 cm³/mol. The van der Waals surface area contributed by atoms with Crippen molar-refractivity contribution in [3.8, 4) is 0 Å². The minimum Gasteiger partial charge on any atom is -0.381 e. The topological polar surface area (TPSA) is 27.8 Å². The summed E-state index contributed by atoms with van der Waals surface area (Å²) in [6.45, 7) is 2.98. The van der Waals surface area contributed by atoms with Gasteiger partial charge in [-0.25, -0.2) is 0 Å². The molecule has 1 aromatic heterocycles. The number of fused-ring (bicyclic) bond motifs is 1. The lowest BCUT2D eigenvalue weighted by Crippen LogP contribution is -2.00. The molecule has 0 radical (unpaired) electrons. The first-order valence-electron chi connectivity index (χ1n) is 6.18. The third kappa shape index (κ3) is 2.09. The number of aromatic nitrogens is 1. The van der Waals surface area contributed by atoms with Gasteiger partial charge in [-0.15, -0.1) is 0 Å². The Labute approximate surface area is 107 Å². The average Bonchev–Trinajstić information content (AvgIpc) is 2.85. The van der Waals surface area contributed by atoms with Gasteiger partial charge in [-0.2, -0.15) is 0 Å². The van der Waals surface area contributed by atoms with Crippen LogP contribution in [0.1, 0.15) is 11.1 Å². The Morgan fingerprint density at radius 2 is 1.94 bits per heavy atom. The molecule has 3 aromatic rings. The Hall–Kier alpha value is -2.22. The minimum atomic E-state index is 0.853. The maximum Gasteiger partial charge on any atom is 0.0454 e. The molecule has 0 bridgehead atoms. The summed E-state index contributed by atoms with van der Waals surface area (Å²) in [6.07, 6.45) is 1.98. The van der Waals surface area contributed by atoms with Gasteiger partial charge in [0, 0.05) is 23.9 Å². The second kappa shape index (κ2) is 4.57. The lowest BCUT2D eigenvalue weighted by molar-refractivity contribution is 1.14. The Morgan fingerprint density at radius 3 is 2.83 bits per heavy atom. The van der Waals surface area contributed by atoms with E-state index in [1.54, 1.807) is 0 Å². The highest BCUT2D eigenvalue weighted by molar-refractivity contribution is 5.80. The molecule has 0 aliphatic carbocycles. The smallest absolute Gasteiger partial charge is 0.0454 e. The molecule has 0 amide bonds. The molecular formula is C16H16N2. The number of aryl methyl sites for hydroxylation is 1. The Balaban J connectivity index is 1.78. The van der Waals surface area contributed by atoms with Gasteiger partial charge < -0.3 is 10.3 Å². The molecule has 0 spiro atoms. The van der Waals surface area contributed by atoms with Crippen LogP contribution < -0.4 is 5.32 Å². The molecule has 0 atom stereocenters. The van der Waals surface area contributed by atoms with Crippen LogP contribution in [0, 0.1) is 6.92 Å². The molecule has 2 aromatic carbocycles. The molecule has 0 saturated heterocycles. The number of aromatic amines is 1. The normalized spacial score (nSPS) is 10.7. The fraction of sp³-hybridized carbons (Fsp3) is 0.125. The van der Waals surface area contributed by atoms with E-state index in [0.29, 0.717) is 0 Å². The summed E-state index contributed by atoms with van der Waals surface area (Å²) in [4.78, 5) is 3.21. The maximum absolute atomic E-state index is 3.48. The summed E-state index contributed by atoms with van der Waals surface area (Å²) < 4.78 is 0. The minimum absolute atomic E-state index is 0.853. The maximum atomic E-state index is 3.48. The zero-order valence-electron chi connectivity index (χ0n) is 10.4. The van der Waals surface area contributed by atoms with Gasteiger partial charge >= 0.3 is 0 Å². The van der Waals surface area contributed by atoms with Crippen LogP contribution in [0.2, 0.25) is 0 Å². The number of para-hydroxylation sites is 1. The summed E-state index contributed by atoms with van der Waals surface area (Å²) in [6, 6.07) is 17.0. The van der Waals surface area contributed by atoms with Gasteiger partial charge in [-0.3, -0.25) is 0 Å². The zero-order chi connectivity index (χ0) is 12.4. The van der Waals surface area contributed by atoms with Crippen molar-refractivity contribution in [1.29, 1.82) is 0 Å². The van der Waals surface area contributed by atoms with Crippen LogP contribution in [0.15, 0.2) is 54.7 Å². The quantitative estimate of drug-likeness (QED) is 0.704. The van der Waals surface area contributed by atoms with Crippen molar-refractivity contribution in [1.82, 2.24) is 4.98 Å². The molecule has 90 valence electrons. The Bertz CT molecular complexity index is 667. The van der Waals surface area contributed by atoms with Crippen molar-refractivity contribution >= 4 is 16.6 Å². The van der Waals surface area contributed by atoms with E-state index in [1.807, 2.05) is 6.20 Å². The summed E-state index contributed by atoms with van der Waals surface area (Å²) >= 11 is 0. The third-order valence-corrected chi connectivity index (χ3v) is 3.25. The van der Waals surface area contributed by atoms with Crippen LogP contribution in [0.4, 0.5) is 5.69 Å². The zero-order valence-corrected chi connectivity index (χ0v) is 10.4. The van der Waals surface area contributed by atoms with Crippen LogP contribution in [0.5, 0.6) is 0 Å². The first-order valence-corrected chi connectivity index (χ1v) is 6.18. The number of rotatable bonds is 3. The second-order valence-corrected chi connectivity index (χ2v) is 4.57. The number of hydrogen-bond donors (Lipinski definition) is 2. The molecule has 2 nitrogen and oxygen atoms in total. The van der Waals surface area contributed by atoms with E-state index >= 15 is 0 Å². The molecule has 0 aliphatic rings. The Morgan fingerprint density at radius 1 is 1.06 bits per heavy atom. The van der Waals surface area contributed by atoms with Crippen molar-refractivity contribution in [2.75, 3.05) is 5.32 Å². The van der Waals surface area contributed by atoms with Crippen molar-refractivity contribution in [3.63, 3.8) is 0 Å². The van der Waals surface area contributed by atoms with E-state index < -0.39 is 0 Å². The van der Waals surface area contributed by atoms with Gasteiger partial charge in [0.25, 0.3) is 0 Å².